The van der Waals surface area contributed by atoms with E-state index in [1.54, 1.807) is 12.1 Å². The lowest BCUT2D eigenvalue weighted by Gasteiger charge is -2.41. The maximum atomic E-state index is 12.5. The molecule has 1 aliphatic heterocycles. The Kier molecular flexibility index (Phi) is 5.92. The number of para-hydroxylation sites is 1. The Morgan fingerprint density at radius 1 is 1.42 bits per heavy atom. The van der Waals surface area contributed by atoms with Crippen molar-refractivity contribution >= 4 is 44.8 Å². The van der Waals surface area contributed by atoms with Gasteiger partial charge in [0.15, 0.2) is 10.4 Å². The predicted molar refractivity (Wildman–Crippen MR) is 108 cm³/mol. The fraction of sp³-hybridized carbons (Fsp3) is 0.316. The molecule has 1 aliphatic rings. The molecule has 1 amide bonds. The van der Waals surface area contributed by atoms with Crippen molar-refractivity contribution in [1.82, 2.24) is 4.90 Å². The molecular weight excluding hydrogens is 418 g/mol. The second-order valence-corrected chi connectivity index (χ2v) is 7.35. The quantitative estimate of drug-likeness (QED) is 0.733. The van der Waals surface area contributed by atoms with Crippen molar-refractivity contribution in [3.05, 3.63) is 45.8 Å². The van der Waals surface area contributed by atoms with Crippen molar-refractivity contribution < 1.29 is 9.21 Å². The first-order chi connectivity index (χ1) is 12.5. The molecule has 26 heavy (non-hydrogen) atoms. The topological polar surface area (TPSA) is 48.7 Å². The number of terminal acetylenes is 1. The number of anilines is 2. The molecule has 1 aromatic heterocycles. The molecule has 1 fully saturated rings. The zero-order valence-corrected chi connectivity index (χ0v) is 16.7. The van der Waals surface area contributed by atoms with Crippen LogP contribution in [0.3, 0.4) is 0 Å². The van der Waals surface area contributed by atoms with Gasteiger partial charge in [0.05, 0.1) is 22.9 Å². The average molecular weight is 437 g/mol. The van der Waals surface area contributed by atoms with Crippen molar-refractivity contribution in [2.24, 2.45) is 0 Å². The number of halogens is 2. The number of carbonyl (C=O) groups excluding carboxylic acids is 1. The Bertz CT molecular complexity index is 846. The summed E-state index contributed by atoms with van der Waals surface area (Å²) >= 11 is 9.68. The highest BCUT2D eigenvalue weighted by Gasteiger charge is 2.26. The summed E-state index contributed by atoms with van der Waals surface area (Å²) in [7, 11) is 0. The number of piperazine rings is 1. The maximum Gasteiger partial charge on any atom is 0.291 e. The number of benzene rings is 1. The minimum absolute atomic E-state index is 0.231. The van der Waals surface area contributed by atoms with Crippen molar-refractivity contribution in [3.63, 3.8) is 0 Å². The van der Waals surface area contributed by atoms with Crippen LogP contribution in [-0.2, 0) is 0 Å². The molecule has 0 spiro atoms. The summed E-state index contributed by atoms with van der Waals surface area (Å²) in [5.74, 6) is 2.61. The van der Waals surface area contributed by atoms with E-state index in [1.807, 2.05) is 18.2 Å². The van der Waals surface area contributed by atoms with E-state index in [9.17, 15) is 4.79 Å². The van der Waals surface area contributed by atoms with Gasteiger partial charge in [0.1, 0.15) is 0 Å². The molecule has 2 aromatic rings. The maximum absolute atomic E-state index is 12.5. The van der Waals surface area contributed by atoms with Gasteiger partial charge in [-0.1, -0.05) is 23.6 Å². The van der Waals surface area contributed by atoms with Gasteiger partial charge in [0.25, 0.3) is 5.91 Å². The van der Waals surface area contributed by atoms with Crippen molar-refractivity contribution in [2.45, 2.75) is 13.0 Å². The minimum atomic E-state index is -0.321. The molecule has 0 aliphatic carbocycles. The molecule has 1 saturated heterocycles. The van der Waals surface area contributed by atoms with Crippen molar-refractivity contribution in [2.75, 3.05) is 36.4 Å². The Hall–Kier alpha value is -1.94. The van der Waals surface area contributed by atoms with Gasteiger partial charge >= 0.3 is 0 Å². The lowest BCUT2D eigenvalue weighted by molar-refractivity contribution is 0.0995. The standard InChI is InChI=1S/C19H19BrClN3O2/c1-3-9-23-10-11-24(12-13(23)2)18-14(21)5-4-6-15(18)22-19(25)16-7-8-17(20)26-16/h1,4-8,13H,9-12H2,2H3,(H,22,25). The molecule has 1 unspecified atom stereocenters. The van der Waals surface area contributed by atoms with Gasteiger partial charge in [-0.15, -0.1) is 6.42 Å². The first-order valence-electron chi connectivity index (χ1n) is 8.27. The van der Waals surface area contributed by atoms with Crippen molar-refractivity contribution in [1.29, 1.82) is 0 Å². The third-order valence-corrected chi connectivity index (χ3v) is 5.14. The smallest absolute Gasteiger partial charge is 0.291 e. The van der Waals surface area contributed by atoms with E-state index in [-0.39, 0.29) is 11.7 Å². The van der Waals surface area contributed by atoms with Gasteiger partial charge in [0.2, 0.25) is 0 Å². The molecule has 136 valence electrons. The van der Waals surface area contributed by atoms with E-state index < -0.39 is 0 Å². The van der Waals surface area contributed by atoms with Gasteiger partial charge in [-0.2, -0.15) is 0 Å². The zero-order valence-electron chi connectivity index (χ0n) is 14.3. The van der Waals surface area contributed by atoms with Crippen LogP contribution >= 0.6 is 27.5 Å². The Labute approximate surface area is 166 Å². The molecule has 3 rings (SSSR count). The molecule has 7 heteroatoms. The molecule has 0 radical (unpaired) electrons. The van der Waals surface area contributed by atoms with Crippen LogP contribution in [0.15, 0.2) is 39.4 Å². The van der Waals surface area contributed by atoms with Gasteiger partial charge in [0, 0.05) is 25.7 Å². The molecular formula is C19H19BrClN3O2. The Morgan fingerprint density at radius 3 is 2.88 bits per heavy atom. The van der Waals surface area contributed by atoms with E-state index in [4.69, 9.17) is 22.4 Å². The second-order valence-electron chi connectivity index (χ2n) is 6.16. The summed E-state index contributed by atoms with van der Waals surface area (Å²) in [4.78, 5) is 16.9. The summed E-state index contributed by atoms with van der Waals surface area (Å²) in [6.07, 6.45) is 5.44. The van der Waals surface area contributed by atoms with E-state index in [0.717, 1.165) is 25.3 Å². The molecule has 5 nitrogen and oxygen atoms in total. The number of amides is 1. The Morgan fingerprint density at radius 2 is 2.23 bits per heavy atom. The van der Waals surface area contributed by atoms with E-state index in [0.29, 0.717) is 28.0 Å². The summed E-state index contributed by atoms with van der Waals surface area (Å²) < 4.78 is 5.83. The first-order valence-corrected chi connectivity index (χ1v) is 9.44. The molecule has 1 N–H and O–H groups in total. The van der Waals surface area contributed by atoms with Crippen LogP contribution in [0.2, 0.25) is 5.02 Å². The minimum Gasteiger partial charge on any atom is -0.444 e. The van der Waals surface area contributed by atoms with Gasteiger partial charge < -0.3 is 14.6 Å². The number of nitrogens with zero attached hydrogens (tertiary/aromatic N) is 2. The van der Waals surface area contributed by atoms with Crippen LogP contribution in [0, 0.1) is 12.3 Å². The first kappa shape index (κ1) is 18.8. The number of rotatable bonds is 4. The molecule has 0 saturated carbocycles. The van der Waals surface area contributed by atoms with Gasteiger partial charge in [-0.25, -0.2) is 0 Å². The van der Waals surface area contributed by atoms with Crippen LogP contribution in [0.5, 0.6) is 0 Å². The van der Waals surface area contributed by atoms with Crippen LogP contribution in [0.1, 0.15) is 17.5 Å². The number of carbonyl (C=O) groups is 1. The number of hydrogen-bond acceptors (Lipinski definition) is 4. The van der Waals surface area contributed by atoms with E-state index in [1.165, 1.54) is 0 Å². The fourth-order valence-corrected chi connectivity index (χ4v) is 3.71. The number of hydrogen-bond donors (Lipinski definition) is 1. The number of nitrogens with one attached hydrogen (secondary N) is 1. The SMILES string of the molecule is C#CCN1CCN(c2c(Cl)cccc2NC(=O)c2ccc(Br)o2)CC1C. The van der Waals surface area contributed by atoms with Crippen LogP contribution in [0.25, 0.3) is 0 Å². The normalized spacial score (nSPS) is 17.8. The van der Waals surface area contributed by atoms with Crippen LogP contribution in [0.4, 0.5) is 11.4 Å². The predicted octanol–water partition coefficient (Wildman–Crippen LogP) is 4.09. The molecule has 2 heterocycles. The molecule has 1 aromatic carbocycles. The third-order valence-electron chi connectivity index (χ3n) is 4.41. The largest absolute Gasteiger partial charge is 0.444 e. The van der Waals surface area contributed by atoms with E-state index in [2.05, 4.69) is 43.9 Å². The van der Waals surface area contributed by atoms with Crippen LogP contribution < -0.4 is 10.2 Å². The fourth-order valence-electron chi connectivity index (χ4n) is 3.11. The Balaban J connectivity index is 1.82. The summed E-state index contributed by atoms with van der Waals surface area (Å²) in [5.41, 5.74) is 1.48. The van der Waals surface area contributed by atoms with E-state index >= 15 is 0 Å². The molecule has 0 bridgehead atoms. The monoisotopic (exact) mass is 435 g/mol. The third kappa shape index (κ3) is 4.07. The number of furan rings is 1. The van der Waals surface area contributed by atoms with Crippen LogP contribution in [-0.4, -0.2) is 43.0 Å². The molecule has 1 atom stereocenters. The highest BCUT2D eigenvalue weighted by Crippen LogP contribution is 2.35. The zero-order chi connectivity index (χ0) is 18.7. The highest BCUT2D eigenvalue weighted by molar-refractivity contribution is 9.10. The van der Waals surface area contributed by atoms with Gasteiger partial charge in [-0.05, 0) is 47.1 Å². The summed E-state index contributed by atoms with van der Waals surface area (Å²) in [5, 5.41) is 3.50. The second kappa shape index (κ2) is 8.17. The highest BCUT2D eigenvalue weighted by atomic mass is 79.9. The van der Waals surface area contributed by atoms with Gasteiger partial charge in [-0.3, -0.25) is 9.69 Å². The van der Waals surface area contributed by atoms with Crippen molar-refractivity contribution in [3.8, 4) is 12.3 Å². The summed E-state index contributed by atoms with van der Waals surface area (Å²) in [6, 6.07) is 9.08. The lowest BCUT2D eigenvalue weighted by Crippen LogP contribution is -2.52. The lowest BCUT2D eigenvalue weighted by atomic mass is 10.1. The summed E-state index contributed by atoms with van der Waals surface area (Å²) in [6.45, 7) is 5.17. The average Bonchev–Trinajstić information content (AvgIpc) is 3.04.